The molecule has 27 heavy (non-hydrogen) atoms. The van der Waals surface area contributed by atoms with E-state index in [2.05, 4.69) is 15.9 Å². The van der Waals surface area contributed by atoms with Crippen LogP contribution in [0.4, 0.5) is 18.9 Å². The highest BCUT2D eigenvalue weighted by Crippen LogP contribution is 2.26. The van der Waals surface area contributed by atoms with Crippen molar-refractivity contribution < 1.29 is 27.9 Å². The summed E-state index contributed by atoms with van der Waals surface area (Å²) >= 11 is 3.00. The number of para-hydroxylation sites is 1. The first kappa shape index (κ1) is 20.0. The molecule has 3 rings (SSSR count). The number of nitrogens with one attached hydrogen (secondary N) is 1. The summed E-state index contributed by atoms with van der Waals surface area (Å²) in [6.45, 7) is 2.99. The van der Waals surface area contributed by atoms with Crippen LogP contribution in [0.5, 0.6) is 5.75 Å². The molecule has 0 aromatic heterocycles. The van der Waals surface area contributed by atoms with Crippen molar-refractivity contribution in [2.75, 3.05) is 44.2 Å². The lowest BCUT2D eigenvalue weighted by molar-refractivity contribution is -0.903. The Morgan fingerprint density at radius 3 is 2.33 bits per heavy atom. The molecule has 2 N–H and O–H groups in total. The molecule has 1 heterocycles. The van der Waals surface area contributed by atoms with Crippen LogP contribution in [0.1, 0.15) is 0 Å². The lowest BCUT2D eigenvalue weighted by atomic mass is 10.2. The number of aliphatic hydroxyl groups excluding tert-OH is 1. The molecule has 1 aliphatic heterocycles. The van der Waals surface area contributed by atoms with E-state index in [0.29, 0.717) is 25.3 Å². The Morgan fingerprint density at radius 1 is 1.07 bits per heavy atom. The third-order valence-corrected chi connectivity index (χ3v) is 5.03. The smallest absolute Gasteiger partial charge is 0.190 e. The summed E-state index contributed by atoms with van der Waals surface area (Å²) in [5.41, 5.74) is 0.585. The summed E-state index contributed by atoms with van der Waals surface area (Å²) < 4.78 is 46.8. The number of hydrogen-bond donors (Lipinski definition) is 2. The van der Waals surface area contributed by atoms with Crippen molar-refractivity contribution >= 4 is 21.6 Å². The maximum atomic E-state index is 13.9. The van der Waals surface area contributed by atoms with E-state index < -0.39 is 23.5 Å². The van der Waals surface area contributed by atoms with E-state index in [1.54, 1.807) is 18.2 Å². The molecule has 0 aliphatic carbocycles. The van der Waals surface area contributed by atoms with Gasteiger partial charge < -0.3 is 19.6 Å². The highest BCUT2D eigenvalue weighted by Gasteiger charge is 2.24. The van der Waals surface area contributed by atoms with Gasteiger partial charge in [0.2, 0.25) is 0 Å². The summed E-state index contributed by atoms with van der Waals surface area (Å²) in [5.74, 6) is -2.37. The zero-order chi connectivity index (χ0) is 19.4. The second-order valence-electron chi connectivity index (χ2n) is 6.56. The second kappa shape index (κ2) is 8.95. The molecule has 1 fully saturated rings. The van der Waals surface area contributed by atoms with Crippen molar-refractivity contribution in [3.63, 3.8) is 0 Å². The number of aliphatic hydroxyl groups is 1. The van der Waals surface area contributed by atoms with Gasteiger partial charge in [-0.1, -0.05) is 28.1 Å². The minimum atomic E-state index is -0.859. The van der Waals surface area contributed by atoms with Gasteiger partial charge in [-0.25, -0.2) is 13.2 Å². The van der Waals surface area contributed by atoms with Gasteiger partial charge in [0.05, 0.1) is 31.9 Å². The number of piperazine rings is 1. The van der Waals surface area contributed by atoms with Gasteiger partial charge in [-0.05, 0) is 24.3 Å². The van der Waals surface area contributed by atoms with Gasteiger partial charge in [-0.15, -0.1) is 0 Å². The first-order chi connectivity index (χ1) is 12.9. The number of ether oxygens (including phenoxy) is 1. The molecule has 1 aliphatic rings. The second-order valence-corrected chi connectivity index (χ2v) is 7.47. The molecule has 0 amide bonds. The Hall–Kier alpha value is -1.77. The van der Waals surface area contributed by atoms with E-state index in [9.17, 15) is 18.3 Å². The molecule has 0 spiro atoms. The van der Waals surface area contributed by atoms with Gasteiger partial charge in [0.1, 0.15) is 25.1 Å². The molecule has 0 unspecified atom stereocenters. The zero-order valence-corrected chi connectivity index (χ0v) is 16.2. The Balaban J connectivity index is 1.47. The van der Waals surface area contributed by atoms with Gasteiger partial charge in [0, 0.05) is 4.47 Å². The normalized spacial score (nSPS) is 16.4. The van der Waals surface area contributed by atoms with Crippen LogP contribution in [-0.2, 0) is 0 Å². The Bertz CT molecular complexity index is 762. The Morgan fingerprint density at radius 2 is 1.70 bits per heavy atom. The molecule has 0 bridgehead atoms. The predicted molar refractivity (Wildman–Crippen MR) is 99.7 cm³/mol. The van der Waals surface area contributed by atoms with Gasteiger partial charge in [0.15, 0.2) is 17.4 Å². The van der Waals surface area contributed by atoms with E-state index in [1.165, 1.54) is 6.07 Å². The minimum Gasteiger partial charge on any atom is -0.485 e. The monoisotopic (exact) mass is 445 g/mol. The fraction of sp³-hybridized carbons (Fsp3) is 0.368. The molecule has 2 aromatic rings. The van der Waals surface area contributed by atoms with Gasteiger partial charge in [-0.2, -0.15) is 0 Å². The van der Waals surface area contributed by atoms with E-state index in [4.69, 9.17) is 4.74 Å². The topological polar surface area (TPSA) is 37.1 Å². The summed E-state index contributed by atoms with van der Waals surface area (Å²) in [7, 11) is 0. The number of anilines is 1. The van der Waals surface area contributed by atoms with E-state index in [0.717, 1.165) is 30.1 Å². The van der Waals surface area contributed by atoms with Gasteiger partial charge in [0.25, 0.3) is 0 Å². The van der Waals surface area contributed by atoms with Gasteiger partial charge >= 0.3 is 0 Å². The fourth-order valence-corrected chi connectivity index (χ4v) is 3.62. The first-order valence-corrected chi connectivity index (χ1v) is 9.52. The summed E-state index contributed by atoms with van der Waals surface area (Å²) in [6, 6.07) is 8.88. The molecule has 0 radical (unpaired) electrons. The maximum absolute atomic E-state index is 13.9. The molecule has 2 aromatic carbocycles. The summed E-state index contributed by atoms with van der Waals surface area (Å²) in [6.07, 6.45) is -0.859. The van der Waals surface area contributed by atoms with Gasteiger partial charge in [-0.3, -0.25) is 0 Å². The van der Waals surface area contributed by atoms with Crippen LogP contribution in [0.25, 0.3) is 0 Å². The lowest BCUT2D eigenvalue weighted by Crippen LogP contribution is -3.16. The van der Waals surface area contributed by atoms with Crippen LogP contribution in [0, 0.1) is 17.5 Å². The largest absolute Gasteiger partial charge is 0.485 e. The molecule has 0 saturated carbocycles. The number of halogens is 4. The highest BCUT2D eigenvalue weighted by molar-refractivity contribution is 9.10. The third-order valence-electron chi connectivity index (χ3n) is 4.57. The molecular formula is C19H21BrF3N2O2+. The summed E-state index contributed by atoms with van der Waals surface area (Å²) in [5, 5.41) is 10.2. The lowest BCUT2D eigenvalue weighted by Gasteiger charge is -2.34. The molecule has 1 saturated heterocycles. The Labute approximate surface area is 164 Å². The summed E-state index contributed by atoms with van der Waals surface area (Å²) in [4.78, 5) is 3.12. The quantitative estimate of drug-likeness (QED) is 0.713. The highest BCUT2D eigenvalue weighted by atomic mass is 79.9. The maximum Gasteiger partial charge on any atom is 0.190 e. The van der Waals surface area contributed by atoms with Crippen molar-refractivity contribution in [3.8, 4) is 5.75 Å². The number of benzene rings is 2. The van der Waals surface area contributed by atoms with Crippen LogP contribution in [0.3, 0.4) is 0 Å². The van der Waals surface area contributed by atoms with E-state index in [1.807, 2.05) is 4.90 Å². The molecule has 4 nitrogen and oxygen atoms in total. The minimum absolute atomic E-state index is 0.198. The zero-order valence-electron chi connectivity index (χ0n) is 14.6. The van der Waals surface area contributed by atoms with Crippen LogP contribution >= 0.6 is 15.9 Å². The van der Waals surface area contributed by atoms with Crippen molar-refractivity contribution in [2.45, 2.75) is 6.10 Å². The van der Waals surface area contributed by atoms with Crippen LogP contribution < -0.4 is 14.5 Å². The molecule has 146 valence electrons. The molecule has 1 atom stereocenters. The SMILES string of the molecule is O[C@@H](COc1c(F)cc(Br)cc1F)C[NH+]1CCN(c2ccccc2F)CC1. The van der Waals surface area contributed by atoms with Crippen molar-refractivity contribution in [3.05, 3.63) is 58.3 Å². The van der Waals surface area contributed by atoms with Crippen molar-refractivity contribution in [1.29, 1.82) is 0 Å². The van der Waals surface area contributed by atoms with Crippen LogP contribution in [0.2, 0.25) is 0 Å². The molecule has 8 heteroatoms. The number of quaternary nitrogens is 1. The standard InChI is InChI=1S/C19H20BrF3N2O2/c20-13-9-16(22)19(17(23)10-13)27-12-14(26)11-24-5-7-25(8-6-24)18-4-2-1-3-15(18)21/h1-4,9-10,14,26H,5-8,11-12H2/p+1/t14-/m1/s1. The average Bonchev–Trinajstić information content (AvgIpc) is 2.62. The number of hydrogen-bond acceptors (Lipinski definition) is 3. The average molecular weight is 446 g/mol. The third kappa shape index (κ3) is 5.15. The predicted octanol–water partition coefficient (Wildman–Crippen LogP) is 2.01. The van der Waals surface area contributed by atoms with Crippen LogP contribution in [-0.4, -0.2) is 50.5 Å². The first-order valence-electron chi connectivity index (χ1n) is 8.72. The Kier molecular flexibility index (Phi) is 6.62. The number of nitrogens with zero attached hydrogens (tertiary/aromatic N) is 1. The number of rotatable bonds is 6. The van der Waals surface area contributed by atoms with E-state index in [-0.39, 0.29) is 16.9 Å². The van der Waals surface area contributed by atoms with Crippen molar-refractivity contribution in [1.82, 2.24) is 0 Å². The van der Waals surface area contributed by atoms with Crippen molar-refractivity contribution in [2.24, 2.45) is 0 Å². The molecular weight excluding hydrogens is 425 g/mol. The van der Waals surface area contributed by atoms with Crippen LogP contribution in [0.15, 0.2) is 40.9 Å². The van der Waals surface area contributed by atoms with E-state index >= 15 is 0 Å². The fourth-order valence-electron chi connectivity index (χ4n) is 3.21.